The number of fused-ring (bicyclic) bond motifs is 1. The molecule has 0 radical (unpaired) electrons. The number of piperidine rings is 1. The maximum atomic E-state index is 13.4. The zero-order valence-electron chi connectivity index (χ0n) is 16.3. The second kappa shape index (κ2) is 8.45. The van der Waals surface area contributed by atoms with Crippen LogP contribution in [0.1, 0.15) is 18.9 Å². The van der Waals surface area contributed by atoms with Crippen LogP contribution in [0.2, 0.25) is 0 Å². The number of pyridine rings is 1. The highest BCUT2D eigenvalue weighted by molar-refractivity contribution is 7.88. The Labute approximate surface area is 168 Å². The fourth-order valence-corrected chi connectivity index (χ4v) is 4.34. The van der Waals surface area contributed by atoms with Gasteiger partial charge in [-0.3, -0.25) is 4.98 Å². The van der Waals surface area contributed by atoms with Gasteiger partial charge in [-0.25, -0.2) is 13.1 Å². The third-order valence-electron chi connectivity index (χ3n) is 4.97. The molecule has 0 saturated carbocycles. The fraction of sp³-hybridized carbons (Fsp3) is 0.526. The zero-order valence-corrected chi connectivity index (χ0v) is 17.1. The van der Waals surface area contributed by atoms with Crippen molar-refractivity contribution < 1.29 is 21.6 Å². The van der Waals surface area contributed by atoms with E-state index in [-0.39, 0.29) is 18.1 Å². The lowest BCUT2D eigenvalue weighted by Crippen LogP contribution is -2.50. The average Bonchev–Trinajstić information content (AvgIpc) is 2.62. The summed E-state index contributed by atoms with van der Waals surface area (Å²) in [5.41, 5.74) is -0.0465. The number of rotatable bonds is 6. The Hall–Kier alpha value is -1.91. The molecule has 1 saturated heterocycles. The van der Waals surface area contributed by atoms with Crippen LogP contribution in [0.5, 0.6) is 0 Å². The topological polar surface area (TPSA) is 74.3 Å². The first kappa shape index (κ1) is 21.8. The predicted octanol–water partition coefficient (Wildman–Crippen LogP) is 2.61. The molecule has 3 rings (SSSR count). The summed E-state index contributed by atoms with van der Waals surface area (Å²) in [6, 6.07) is 6.04. The third-order valence-corrected chi connectivity index (χ3v) is 5.70. The molecule has 2 N–H and O–H groups in total. The van der Waals surface area contributed by atoms with Crippen LogP contribution in [0, 0.1) is 5.92 Å². The Kier molecular flexibility index (Phi) is 6.35. The van der Waals surface area contributed by atoms with E-state index in [0.717, 1.165) is 31.0 Å². The molecule has 1 aromatic heterocycles. The predicted molar refractivity (Wildman–Crippen MR) is 107 cm³/mol. The van der Waals surface area contributed by atoms with Gasteiger partial charge in [0.05, 0.1) is 17.3 Å². The molecule has 6 nitrogen and oxygen atoms in total. The van der Waals surface area contributed by atoms with Gasteiger partial charge in [0.1, 0.15) is 0 Å². The number of halogens is 3. The summed E-state index contributed by atoms with van der Waals surface area (Å²) in [4.78, 5) is 6.08. The van der Waals surface area contributed by atoms with Crippen molar-refractivity contribution in [3.63, 3.8) is 0 Å². The van der Waals surface area contributed by atoms with Crippen LogP contribution in [0.25, 0.3) is 10.9 Å². The second-order valence-corrected chi connectivity index (χ2v) is 9.43. The number of nitrogens with zero attached hydrogens (tertiary/aromatic N) is 2. The zero-order chi connectivity index (χ0) is 21.2. The number of nitrogens with one attached hydrogen (secondary N) is 2. The van der Waals surface area contributed by atoms with Crippen molar-refractivity contribution in [2.24, 2.45) is 5.92 Å². The summed E-state index contributed by atoms with van der Waals surface area (Å²) in [6.45, 7) is 4.22. The van der Waals surface area contributed by atoms with Gasteiger partial charge in [-0.15, -0.1) is 0 Å². The van der Waals surface area contributed by atoms with Gasteiger partial charge in [0.25, 0.3) is 0 Å². The maximum Gasteiger partial charge on any atom is 0.418 e. The van der Waals surface area contributed by atoms with E-state index >= 15 is 0 Å². The summed E-state index contributed by atoms with van der Waals surface area (Å²) in [7, 11) is -3.23. The lowest BCUT2D eigenvalue weighted by Gasteiger charge is -2.39. The minimum Gasteiger partial charge on any atom is -0.369 e. The van der Waals surface area contributed by atoms with Crippen LogP contribution in [0.4, 0.5) is 18.9 Å². The van der Waals surface area contributed by atoms with Crippen LogP contribution in [-0.2, 0) is 16.2 Å². The SMILES string of the molecule is C[C@H]1C[C@@H](NCCNS(C)(=O)=O)CN(c2ccc(C(F)(F)F)c3ncccc23)C1. The molecule has 1 aliphatic rings. The highest BCUT2D eigenvalue weighted by Crippen LogP contribution is 2.38. The Morgan fingerprint density at radius 2 is 1.97 bits per heavy atom. The molecule has 1 aromatic carbocycles. The number of hydrogen-bond acceptors (Lipinski definition) is 5. The number of aromatic nitrogens is 1. The first-order valence-electron chi connectivity index (χ1n) is 9.42. The van der Waals surface area contributed by atoms with E-state index in [1.807, 2.05) is 0 Å². The fourth-order valence-electron chi connectivity index (χ4n) is 3.87. The molecule has 29 heavy (non-hydrogen) atoms. The van der Waals surface area contributed by atoms with Crippen molar-refractivity contribution in [3.05, 3.63) is 36.0 Å². The monoisotopic (exact) mass is 430 g/mol. The summed E-state index contributed by atoms with van der Waals surface area (Å²) in [6.07, 6.45) is -1.07. The number of hydrogen-bond donors (Lipinski definition) is 2. The molecule has 1 fully saturated rings. The van der Waals surface area contributed by atoms with E-state index in [1.54, 1.807) is 12.1 Å². The number of benzene rings is 1. The van der Waals surface area contributed by atoms with Gasteiger partial charge < -0.3 is 10.2 Å². The summed E-state index contributed by atoms with van der Waals surface area (Å²) in [5.74, 6) is 0.332. The molecule has 2 aromatic rings. The third kappa shape index (κ3) is 5.58. The van der Waals surface area contributed by atoms with Crippen molar-refractivity contribution in [1.82, 2.24) is 15.0 Å². The van der Waals surface area contributed by atoms with Crippen molar-refractivity contribution in [1.29, 1.82) is 0 Å². The maximum absolute atomic E-state index is 13.4. The first-order valence-corrected chi connectivity index (χ1v) is 11.3. The molecular formula is C19H25F3N4O2S. The summed E-state index contributed by atoms with van der Waals surface area (Å²) >= 11 is 0. The largest absolute Gasteiger partial charge is 0.418 e. The molecule has 0 unspecified atom stereocenters. The van der Waals surface area contributed by atoms with Crippen molar-refractivity contribution in [2.45, 2.75) is 25.6 Å². The minimum atomic E-state index is -4.46. The van der Waals surface area contributed by atoms with Gasteiger partial charge in [0, 0.05) is 49.5 Å². The lowest BCUT2D eigenvalue weighted by atomic mass is 9.94. The number of anilines is 1. The number of alkyl halides is 3. The molecule has 2 heterocycles. The molecule has 2 atom stereocenters. The van der Waals surface area contributed by atoms with Gasteiger partial charge in [-0.2, -0.15) is 13.2 Å². The van der Waals surface area contributed by atoms with Crippen molar-refractivity contribution in [2.75, 3.05) is 37.3 Å². The molecule has 0 amide bonds. The average molecular weight is 430 g/mol. The Bertz CT molecular complexity index is 966. The van der Waals surface area contributed by atoms with Gasteiger partial charge in [-0.1, -0.05) is 6.92 Å². The molecule has 10 heteroatoms. The van der Waals surface area contributed by atoms with Crippen LogP contribution in [0.3, 0.4) is 0 Å². The highest BCUT2D eigenvalue weighted by Gasteiger charge is 2.34. The minimum absolute atomic E-state index is 0.0439. The summed E-state index contributed by atoms with van der Waals surface area (Å²) in [5, 5.41) is 3.82. The van der Waals surface area contributed by atoms with E-state index in [4.69, 9.17) is 0 Å². The van der Waals surface area contributed by atoms with Crippen molar-refractivity contribution >= 4 is 26.6 Å². The highest BCUT2D eigenvalue weighted by atomic mass is 32.2. The first-order chi connectivity index (χ1) is 13.5. The van der Waals surface area contributed by atoms with Crippen molar-refractivity contribution in [3.8, 4) is 0 Å². The number of sulfonamides is 1. The standard InChI is InChI=1S/C19H25F3N4O2S/c1-13-10-14(23-8-9-25-29(2,27)28)12-26(11-13)17-6-5-16(19(20,21)22)18-15(17)4-3-7-24-18/h3-7,13-14,23,25H,8-12H2,1-2H3/t13-,14+/m0/s1. The molecule has 0 aliphatic carbocycles. The van der Waals surface area contributed by atoms with E-state index in [9.17, 15) is 21.6 Å². The van der Waals surface area contributed by atoms with Crippen LogP contribution in [0.15, 0.2) is 30.5 Å². The Morgan fingerprint density at radius 1 is 1.21 bits per heavy atom. The van der Waals surface area contributed by atoms with Crippen LogP contribution < -0.4 is 14.9 Å². The van der Waals surface area contributed by atoms with E-state index in [2.05, 4.69) is 26.8 Å². The molecule has 160 valence electrons. The Balaban J connectivity index is 1.80. The normalized spacial score (nSPS) is 20.9. The van der Waals surface area contributed by atoms with Gasteiger partial charge in [-0.05, 0) is 36.6 Å². The van der Waals surface area contributed by atoms with Crippen LogP contribution >= 0.6 is 0 Å². The van der Waals surface area contributed by atoms with Crippen LogP contribution in [-0.4, -0.2) is 51.9 Å². The quantitative estimate of drug-likeness (QED) is 0.690. The van der Waals surface area contributed by atoms with E-state index < -0.39 is 21.8 Å². The molecule has 0 bridgehead atoms. The smallest absolute Gasteiger partial charge is 0.369 e. The molecule has 1 aliphatic heterocycles. The Morgan fingerprint density at radius 3 is 2.66 bits per heavy atom. The molecular weight excluding hydrogens is 405 g/mol. The lowest BCUT2D eigenvalue weighted by molar-refractivity contribution is -0.136. The van der Waals surface area contributed by atoms with Gasteiger partial charge in [0.15, 0.2) is 0 Å². The van der Waals surface area contributed by atoms with Gasteiger partial charge >= 0.3 is 6.18 Å². The van der Waals surface area contributed by atoms with E-state index in [0.29, 0.717) is 24.4 Å². The van der Waals surface area contributed by atoms with E-state index in [1.165, 1.54) is 12.3 Å². The second-order valence-electron chi connectivity index (χ2n) is 7.59. The van der Waals surface area contributed by atoms with Gasteiger partial charge in [0.2, 0.25) is 10.0 Å². The summed E-state index contributed by atoms with van der Waals surface area (Å²) < 4.78 is 64.8. The molecule has 0 spiro atoms.